The van der Waals surface area contributed by atoms with Gasteiger partial charge in [0.05, 0.1) is 0 Å². The highest BCUT2D eigenvalue weighted by Gasteiger charge is 2.02. The van der Waals surface area contributed by atoms with Crippen molar-refractivity contribution in [1.82, 2.24) is 0 Å². The second-order valence-corrected chi connectivity index (χ2v) is 3.22. The van der Waals surface area contributed by atoms with E-state index in [-0.39, 0.29) is 5.75 Å². The molecule has 58 valence electrons. The Kier molecular flexibility index (Phi) is 2.29. The van der Waals surface area contributed by atoms with Crippen molar-refractivity contribution < 1.29 is 5.11 Å². The van der Waals surface area contributed by atoms with E-state index in [9.17, 15) is 5.11 Å². The SMILES string of the molecule is Cc1cc(Br)cc(C=N)c1O. The Hall–Kier alpha value is -0.830. The minimum absolute atomic E-state index is 0.184. The normalized spacial score (nSPS) is 9.64. The molecule has 0 saturated heterocycles. The van der Waals surface area contributed by atoms with Crippen molar-refractivity contribution in [2.75, 3.05) is 0 Å². The largest absolute Gasteiger partial charge is 0.507 e. The molecule has 2 N–H and O–H groups in total. The lowest BCUT2D eigenvalue weighted by atomic mass is 10.1. The van der Waals surface area contributed by atoms with Gasteiger partial charge in [-0.15, -0.1) is 0 Å². The van der Waals surface area contributed by atoms with Gasteiger partial charge in [0.25, 0.3) is 0 Å². The zero-order valence-electron chi connectivity index (χ0n) is 6.06. The van der Waals surface area contributed by atoms with E-state index in [1.54, 1.807) is 13.0 Å². The lowest BCUT2D eigenvalue weighted by Crippen LogP contribution is -1.84. The first-order valence-corrected chi connectivity index (χ1v) is 3.94. The van der Waals surface area contributed by atoms with Gasteiger partial charge in [-0.1, -0.05) is 15.9 Å². The van der Waals surface area contributed by atoms with E-state index in [4.69, 9.17) is 5.41 Å². The van der Waals surface area contributed by atoms with Crippen LogP contribution >= 0.6 is 15.9 Å². The van der Waals surface area contributed by atoms with Gasteiger partial charge in [-0.25, -0.2) is 0 Å². The molecule has 0 aliphatic heterocycles. The molecular formula is C8H8BrNO. The molecule has 0 amide bonds. The van der Waals surface area contributed by atoms with Gasteiger partial charge in [0.15, 0.2) is 0 Å². The van der Waals surface area contributed by atoms with E-state index in [1.165, 1.54) is 0 Å². The summed E-state index contributed by atoms with van der Waals surface area (Å²) in [7, 11) is 0. The lowest BCUT2D eigenvalue weighted by molar-refractivity contribution is 0.470. The van der Waals surface area contributed by atoms with E-state index < -0.39 is 0 Å². The third-order valence-corrected chi connectivity index (χ3v) is 1.91. The maximum Gasteiger partial charge on any atom is 0.127 e. The summed E-state index contributed by atoms with van der Waals surface area (Å²) in [5.41, 5.74) is 1.31. The topological polar surface area (TPSA) is 44.1 Å². The first-order valence-electron chi connectivity index (χ1n) is 3.14. The van der Waals surface area contributed by atoms with Crippen LogP contribution in [0.25, 0.3) is 0 Å². The monoisotopic (exact) mass is 213 g/mol. The summed E-state index contributed by atoms with van der Waals surface area (Å²) in [6.07, 6.45) is 1.13. The fourth-order valence-corrected chi connectivity index (χ4v) is 1.46. The van der Waals surface area contributed by atoms with E-state index >= 15 is 0 Å². The van der Waals surface area contributed by atoms with Crippen LogP contribution in [0.5, 0.6) is 5.75 Å². The van der Waals surface area contributed by atoms with Crippen LogP contribution in [-0.4, -0.2) is 11.3 Å². The molecule has 1 rings (SSSR count). The zero-order valence-corrected chi connectivity index (χ0v) is 7.64. The van der Waals surface area contributed by atoms with E-state index in [0.29, 0.717) is 5.56 Å². The Morgan fingerprint density at radius 2 is 2.18 bits per heavy atom. The van der Waals surface area contributed by atoms with Crippen LogP contribution in [0.4, 0.5) is 0 Å². The number of phenols is 1. The molecule has 0 atom stereocenters. The summed E-state index contributed by atoms with van der Waals surface area (Å²) < 4.78 is 0.881. The van der Waals surface area contributed by atoms with Gasteiger partial charge in [-0.05, 0) is 24.6 Å². The number of halogens is 1. The van der Waals surface area contributed by atoms with E-state index in [2.05, 4.69) is 15.9 Å². The molecule has 0 unspecified atom stereocenters. The van der Waals surface area contributed by atoms with Gasteiger partial charge in [0.1, 0.15) is 5.75 Å². The number of aromatic hydroxyl groups is 1. The Balaban J connectivity index is 3.35. The summed E-state index contributed by atoms with van der Waals surface area (Å²) in [6, 6.07) is 3.51. The summed E-state index contributed by atoms with van der Waals surface area (Å²) >= 11 is 3.27. The number of hydrogen-bond acceptors (Lipinski definition) is 2. The van der Waals surface area contributed by atoms with Crippen molar-refractivity contribution in [2.45, 2.75) is 6.92 Å². The van der Waals surface area contributed by atoms with Crippen molar-refractivity contribution in [1.29, 1.82) is 5.41 Å². The lowest BCUT2D eigenvalue weighted by Gasteiger charge is -2.02. The predicted octanol–water partition coefficient (Wildman–Crippen LogP) is 2.46. The Morgan fingerprint density at radius 1 is 1.55 bits per heavy atom. The summed E-state index contributed by atoms with van der Waals surface area (Å²) in [4.78, 5) is 0. The quantitative estimate of drug-likeness (QED) is 0.693. The first-order chi connectivity index (χ1) is 5.15. The standard InChI is InChI=1S/C8H8BrNO/c1-5-2-7(9)3-6(4-10)8(5)11/h2-4,10-11H,1H3. The Bertz CT molecular complexity index is 296. The number of hydrogen-bond donors (Lipinski definition) is 2. The molecule has 3 heteroatoms. The molecule has 1 aromatic rings. The highest BCUT2D eigenvalue weighted by atomic mass is 79.9. The van der Waals surface area contributed by atoms with Crippen molar-refractivity contribution in [3.8, 4) is 5.75 Å². The Labute approximate surface area is 73.5 Å². The fourth-order valence-electron chi connectivity index (χ4n) is 0.871. The molecule has 2 nitrogen and oxygen atoms in total. The maximum atomic E-state index is 9.35. The number of rotatable bonds is 1. The Morgan fingerprint density at radius 3 is 2.73 bits per heavy atom. The maximum absolute atomic E-state index is 9.35. The molecule has 0 saturated carbocycles. The highest BCUT2D eigenvalue weighted by Crippen LogP contribution is 2.24. The smallest absolute Gasteiger partial charge is 0.127 e. The zero-order chi connectivity index (χ0) is 8.43. The molecular weight excluding hydrogens is 206 g/mol. The number of nitrogens with one attached hydrogen (secondary N) is 1. The average molecular weight is 214 g/mol. The number of benzene rings is 1. The van der Waals surface area contributed by atoms with E-state index in [1.807, 2.05) is 6.07 Å². The van der Waals surface area contributed by atoms with Gasteiger partial charge in [0, 0.05) is 16.3 Å². The van der Waals surface area contributed by atoms with Crippen LogP contribution < -0.4 is 0 Å². The number of aryl methyl sites for hydroxylation is 1. The second-order valence-electron chi connectivity index (χ2n) is 2.30. The molecule has 11 heavy (non-hydrogen) atoms. The summed E-state index contributed by atoms with van der Waals surface area (Å²) in [5, 5.41) is 16.3. The van der Waals surface area contributed by atoms with Gasteiger partial charge >= 0.3 is 0 Å². The summed E-state index contributed by atoms with van der Waals surface area (Å²) in [6.45, 7) is 1.80. The van der Waals surface area contributed by atoms with Crippen molar-refractivity contribution in [3.63, 3.8) is 0 Å². The van der Waals surface area contributed by atoms with Crippen LogP contribution in [-0.2, 0) is 0 Å². The van der Waals surface area contributed by atoms with Gasteiger partial charge in [-0.2, -0.15) is 0 Å². The molecule has 0 bridgehead atoms. The van der Waals surface area contributed by atoms with Crippen molar-refractivity contribution in [3.05, 3.63) is 27.7 Å². The summed E-state index contributed by atoms with van der Waals surface area (Å²) in [5.74, 6) is 0.184. The third kappa shape index (κ3) is 1.60. The van der Waals surface area contributed by atoms with Gasteiger partial charge < -0.3 is 10.5 Å². The minimum atomic E-state index is 0.184. The molecule has 1 aromatic carbocycles. The number of phenolic OH excluding ortho intramolecular Hbond substituents is 1. The molecule has 0 fully saturated rings. The van der Waals surface area contributed by atoms with Crippen molar-refractivity contribution in [2.24, 2.45) is 0 Å². The van der Waals surface area contributed by atoms with Crippen molar-refractivity contribution >= 4 is 22.1 Å². The average Bonchev–Trinajstić information content (AvgIpc) is 1.96. The molecule has 0 spiro atoms. The minimum Gasteiger partial charge on any atom is -0.507 e. The van der Waals surface area contributed by atoms with Crippen LogP contribution in [0.1, 0.15) is 11.1 Å². The second kappa shape index (κ2) is 3.05. The molecule has 0 heterocycles. The molecule has 0 aromatic heterocycles. The fraction of sp³-hybridized carbons (Fsp3) is 0.125. The molecule has 0 aliphatic carbocycles. The first kappa shape index (κ1) is 8.27. The van der Waals surface area contributed by atoms with E-state index in [0.717, 1.165) is 16.3 Å². The third-order valence-electron chi connectivity index (χ3n) is 1.45. The van der Waals surface area contributed by atoms with Crippen LogP contribution in [0.3, 0.4) is 0 Å². The van der Waals surface area contributed by atoms with Crippen LogP contribution in [0.15, 0.2) is 16.6 Å². The van der Waals surface area contributed by atoms with Crippen LogP contribution in [0.2, 0.25) is 0 Å². The van der Waals surface area contributed by atoms with Gasteiger partial charge in [-0.3, -0.25) is 0 Å². The van der Waals surface area contributed by atoms with Gasteiger partial charge in [0.2, 0.25) is 0 Å². The molecule has 0 radical (unpaired) electrons. The van der Waals surface area contributed by atoms with Crippen LogP contribution in [0, 0.1) is 12.3 Å². The molecule has 0 aliphatic rings. The predicted molar refractivity (Wildman–Crippen MR) is 48.4 cm³/mol. The highest BCUT2D eigenvalue weighted by molar-refractivity contribution is 9.10.